The van der Waals surface area contributed by atoms with Gasteiger partial charge in [0.2, 0.25) is 0 Å². The van der Waals surface area contributed by atoms with E-state index in [1.807, 2.05) is 12.1 Å². The second kappa shape index (κ2) is 12.8. The minimum atomic E-state index is 0.525. The Balaban J connectivity index is 1.85. The number of benzene rings is 2. The van der Waals surface area contributed by atoms with Crippen LogP contribution < -0.4 is 14.8 Å². The molecule has 0 unspecified atom stereocenters. The zero-order valence-corrected chi connectivity index (χ0v) is 19.1. The van der Waals surface area contributed by atoms with E-state index in [0.29, 0.717) is 6.61 Å². The SMILES string of the molecule is CCCCCCCCNCc1cc(Br)c(OCc2ccccc2C)c(OC)c1. The molecule has 0 fully saturated rings. The summed E-state index contributed by atoms with van der Waals surface area (Å²) in [4.78, 5) is 0. The number of hydrogen-bond acceptors (Lipinski definition) is 3. The summed E-state index contributed by atoms with van der Waals surface area (Å²) < 4.78 is 12.6. The second-order valence-electron chi connectivity index (χ2n) is 7.27. The van der Waals surface area contributed by atoms with E-state index in [2.05, 4.69) is 59.4 Å². The van der Waals surface area contributed by atoms with Gasteiger partial charge in [0.25, 0.3) is 0 Å². The molecule has 0 aromatic heterocycles. The minimum absolute atomic E-state index is 0.525. The number of halogens is 1. The molecule has 0 amide bonds. The molecule has 0 atom stereocenters. The van der Waals surface area contributed by atoms with Gasteiger partial charge in [0.15, 0.2) is 11.5 Å². The van der Waals surface area contributed by atoms with Crippen LogP contribution in [0.1, 0.15) is 62.1 Å². The zero-order valence-electron chi connectivity index (χ0n) is 17.5. The van der Waals surface area contributed by atoms with Crippen LogP contribution in [0, 0.1) is 6.92 Å². The molecule has 154 valence electrons. The van der Waals surface area contributed by atoms with Crippen molar-refractivity contribution in [2.24, 2.45) is 0 Å². The molecule has 0 aliphatic carbocycles. The third-order valence-corrected chi connectivity index (χ3v) is 5.55. The fourth-order valence-corrected chi connectivity index (χ4v) is 3.80. The van der Waals surface area contributed by atoms with Crippen LogP contribution in [0.5, 0.6) is 11.5 Å². The first kappa shape index (κ1) is 22.8. The van der Waals surface area contributed by atoms with Crippen molar-refractivity contribution in [2.75, 3.05) is 13.7 Å². The van der Waals surface area contributed by atoms with Crippen LogP contribution in [-0.2, 0) is 13.2 Å². The number of aryl methyl sites for hydroxylation is 1. The number of nitrogens with one attached hydrogen (secondary N) is 1. The summed E-state index contributed by atoms with van der Waals surface area (Å²) >= 11 is 3.66. The summed E-state index contributed by atoms with van der Waals surface area (Å²) in [5.41, 5.74) is 3.60. The van der Waals surface area contributed by atoms with E-state index in [4.69, 9.17) is 9.47 Å². The predicted molar refractivity (Wildman–Crippen MR) is 121 cm³/mol. The van der Waals surface area contributed by atoms with Gasteiger partial charge in [0.1, 0.15) is 6.61 Å². The van der Waals surface area contributed by atoms with E-state index in [1.165, 1.54) is 55.2 Å². The van der Waals surface area contributed by atoms with Crippen LogP contribution >= 0.6 is 15.9 Å². The number of rotatable bonds is 13. The first-order valence-corrected chi connectivity index (χ1v) is 11.2. The molecule has 0 saturated heterocycles. The third-order valence-electron chi connectivity index (χ3n) is 4.96. The lowest BCUT2D eigenvalue weighted by atomic mass is 10.1. The van der Waals surface area contributed by atoms with Gasteiger partial charge in [-0.3, -0.25) is 0 Å². The molecular formula is C24H34BrNO2. The van der Waals surface area contributed by atoms with Gasteiger partial charge in [-0.25, -0.2) is 0 Å². The molecular weight excluding hydrogens is 414 g/mol. The predicted octanol–water partition coefficient (Wildman–Crippen LogP) is 6.80. The van der Waals surface area contributed by atoms with Crippen LogP contribution in [0.4, 0.5) is 0 Å². The maximum Gasteiger partial charge on any atom is 0.175 e. The summed E-state index contributed by atoms with van der Waals surface area (Å²) in [5.74, 6) is 1.52. The van der Waals surface area contributed by atoms with Crippen molar-refractivity contribution in [1.29, 1.82) is 0 Å². The molecule has 2 aromatic carbocycles. The maximum atomic E-state index is 6.08. The largest absolute Gasteiger partial charge is 0.493 e. The Labute approximate surface area is 179 Å². The molecule has 2 rings (SSSR count). The Bertz CT molecular complexity index is 718. The number of hydrogen-bond donors (Lipinski definition) is 1. The lowest BCUT2D eigenvalue weighted by Gasteiger charge is -2.15. The minimum Gasteiger partial charge on any atom is -0.493 e. The molecule has 0 aliphatic heterocycles. The molecule has 2 aromatic rings. The Morgan fingerprint density at radius 1 is 1.00 bits per heavy atom. The first-order chi connectivity index (χ1) is 13.7. The fourth-order valence-electron chi connectivity index (χ4n) is 3.20. The van der Waals surface area contributed by atoms with E-state index >= 15 is 0 Å². The summed E-state index contributed by atoms with van der Waals surface area (Å²) in [6.07, 6.45) is 7.93. The summed E-state index contributed by atoms with van der Waals surface area (Å²) in [7, 11) is 1.69. The Morgan fingerprint density at radius 2 is 1.75 bits per heavy atom. The van der Waals surface area contributed by atoms with Crippen LogP contribution in [-0.4, -0.2) is 13.7 Å². The summed E-state index contributed by atoms with van der Waals surface area (Å²) in [6, 6.07) is 12.5. The van der Waals surface area contributed by atoms with Gasteiger partial charge in [-0.15, -0.1) is 0 Å². The molecule has 0 saturated carbocycles. The van der Waals surface area contributed by atoms with E-state index in [0.717, 1.165) is 29.1 Å². The molecule has 0 heterocycles. The molecule has 28 heavy (non-hydrogen) atoms. The topological polar surface area (TPSA) is 30.5 Å². The molecule has 0 radical (unpaired) electrons. The van der Waals surface area contributed by atoms with Crippen molar-refractivity contribution in [3.05, 3.63) is 57.6 Å². The Kier molecular flexibility index (Phi) is 10.4. The maximum absolute atomic E-state index is 6.08. The van der Waals surface area contributed by atoms with Crippen LogP contribution in [0.15, 0.2) is 40.9 Å². The highest BCUT2D eigenvalue weighted by Crippen LogP contribution is 2.37. The number of ether oxygens (including phenoxy) is 2. The highest BCUT2D eigenvalue weighted by atomic mass is 79.9. The van der Waals surface area contributed by atoms with Crippen molar-refractivity contribution in [2.45, 2.75) is 65.5 Å². The van der Waals surface area contributed by atoms with Crippen molar-refractivity contribution in [3.63, 3.8) is 0 Å². The lowest BCUT2D eigenvalue weighted by Crippen LogP contribution is -2.14. The molecule has 0 aliphatic rings. The second-order valence-corrected chi connectivity index (χ2v) is 8.12. The van der Waals surface area contributed by atoms with Gasteiger partial charge < -0.3 is 14.8 Å². The van der Waals surface area contributed by atoms with E-state index < -0.39 is 0 Å². The lowest BCUT2D eigenvalue weighted by molar-refractivity contribution is 0.281. The number of methoxy groups -OCH3 is 1. The van der Waals surface area contributed by atoms with Crippen molar-refractivity contribution < 1.29 is 9.47 Å². The fraction of sp³-hybridized carbons (Fsp3) is 0.500. The van der Waals surface area contributed by atoms with Gasteiger partial charge in [-0.1, -0.05) is 63.3 Å². The van der Waals surface area contributed by atoms with Crippen LogP contribution in [0.3, 0.4) is 0 Å². The van der Waals surface area contributed by atoms with E-state index in [9.17, 15) is 0 Å². The van der Waals surface area contributed by atoms with Gasteiger partial charge >= 0.3 is 0 Å². The Morgan fingerprint density at radius 3 is 2.50 bits per heavy atom. The summed E-state index contributed by atoms with van der Waals surface area (Å²) in [6.45, 7) is 6.77. The number of unbranched alkanes of at least 4 members (excludes halogenated alkanes) is 5. The van der Waals surface area contributed by atoms with Crippen molar-refractivity contribution in [1.82, 2.24) is 5.32 Å². The monoisotopic (exact) mass is 447 g/mol. The van der Waals surface area contributed by atoms with Crippen LogP contribution in [0.2, 0.25) is 0 Å². The average molecular weight is 448 g/mol. The first-order valence-electron chi connectivity index (χ1n) is 10.4. The normalized spacial score (nSPS) is 10.9. The Hall–Kier alpha value is -1.52. The standard InChI is InChI=1S/C24H34BrNO2/c1-4-5-6-7-8-11-14-26-17-20-15-22(25)24(23(16-20)27-3)28-18-21-13-10-9-12-19(21)2/h9-10,12-13,15-16,26H,4-8,11,14,17-18H2,1-3H3. The smallest absolute Gasteiger partial charge is 0.175 e. The molecule has 4 heteroatoms. The van der Waals surface area contributed by atoms with Gasteiger partial charge in [0.05, 0.1) is 11.6 Å². The molecule has 0 bridgehead atoms. The van der Waals surface area contributed by atoms with E-state index in [-0.39, 0.29) is 0 Å². The third kappa shape index (κ3) is 7.48. The quantitative estimate of drug-likeness (QED) is 0.342. The zero-order chi connectivity index (χ0) is 20.2. The van der Waals surface area contributed by atoms with Crippen molar-refractivity contribution in [3.8, 4) is 11.5 Å². The highest BCUT2D eigenvalue weighted by Gasteiger charge is 2.12. The van der Waals surface area contributed by atoms with E-state index in [1.54, 1.807) is 7.11 Å². The van der Waals surface area contributed by atoms with Gasteiger partial charge in [-0.05, 0) is 64.6 Å². The van der Waals surface area contributed by atoms with Crippen molar-refractivity contribution >= 4 is 15.9 Å². The molecule has 0 spiro atoms. The molecule has 3 nitrogen and oxygen atoms in total. The summed E-state index contributed by atoms with van der Waals surface area (Å²) in [5, 5.41) is 3.54. The average Bonchev–Trinajstić information content (AvgIpc) is 2.70. The molecule has 1 N–H and O–H groups in total. The highest BCUT2D eigenvalue weighted by molar-refractivity contribution is 9.10. The van der Waals surface area contributed by atoms with Gasteiger partial charge in [-0.2, -0.15) is 0 Å². The van der Waals surface area contributed by atoms with Crippen LogP contribution in [0.25, 0.3) is 0 Å². The van der Waals surface area contributed by atoms with Gasteiger partial charge in [0, 0.05) is 6.54 Å².